The number of ether oxygens (including phenoxy) is 1. The van der Waals surface area contributed by atoms with E-state index in [0.717, 1.165) is 43.2 Å². The Morgan fingerprint density at radius 1 is 1.24 bits per heavy atom. The molecule has 0 N–H and O–H groups in total. The molecule has 1 fully saturated rings. The van der Waals surface area contributed by atoms with Crippen LogP contribution in [0.25, 0.3) is 11.4 Å². The van der Waals surface area contributed by atoms with Gasteiger partial charge >= 0.3 is 0 Å². The second kappa shape index (κ2) is 6.78. The van der Waals surface area contributed by atoms with Crippen LogP contribution in [0, 0.1) is 0 Å². The molecule has 0 spiro atoms. The smallest absolute Gasteiger partial charge is 0.159 e. The Balaban J connectivity index is 1.82. The lowest BCUT2D eigenvalue weighted by Crippen LogP contribution is -2.27. The maximum absolute atomic E-state index is 5.21. The van der Waals surface area contributed by atoms with Gasteiger partial charge in [0, 0.05) is 25.4 Å². The predicted octanol–water partition coefficient (Wildman–Crippen LogP) is 2.93. The zero-order valence-corrected chi connectivity index (χ0v) is 12.4. The van der Waals surface area contributed by atoms with Crippen molar-refractivity contribution >= 4 is 0 Å². The largest absolute Gasteiger partial charge is 0.383 e. The van der Waals surface area contributed by atoms with Crippen LogP contribution in [0.1, 0.15) is 24.6 Å². The van der Waals surface area contributed by atoms with Crippen molar-refractivity contribution in [1.82, 2.24) is 14.9 Å². The Morgan fingerprint density at radius 2 is 2.10 bits per heavy atom. The van der Waals surface area contributed by atoms with Crippen molar-refractivity contribution < 1.29 is 4.74 Å². The highest BCUT2D eigenvalue weighted by Crippen LogP contribution is 2.31. The average molecular weight is 283 g/mol. The van der Waals surface area contributed by atoms with Crippen LogP contribution in [0.3, 0.4) is 0 Å². The minimum Gasteiger partial charge on any atom is -0.383 e. The molecule has 0 radical (unpaired) electrons. The molecule has 1 aromatic carbocycles. The molecule has 0 amide bonds. The van der Waals surface area contributed by atoms with E-state index in [2.05, 4.69) is 22.0 Å². The van der Waals surface area contributed by atoms with E-state index in [1.165, 1.54) is 6.42 Å². The lowest BCUT2D eigenvalue weighted by molar-refractivity contribution is 0.140. The van der Waals surface area contributed by atoms with Crippen molar-refractivity contribution in [2.24, 2.45) is 0 Å². The fourth-order valence-corrected chi connectivity index (χ4v) is 2.92. The summed E-state index contributed by atoms with van der Waals surface area (Å²) in [5, 5.41) is 0. The summed E-state index contributed by atoms with van der Waals surface area (Å²) >= 11 is 0. The molecular weight excluding hydrogens is 262 g/mol. The fraction of sp³-hybridized carbons (Fsp3) is 0.412. The van der Waals surface area contributed by atoms with Gasteiger partial charge in [-0.2, -0.15) is 0 Å². The first-order chi connectivity index (χ1) is 10.4. The number of nitrogens with zero attached hydrogens (tertiary/aromatic N) is 3. The standard InChI is InChI=1S/C17H21N3O/c1-21-13-12-20-11-5-8-16(20)15-9-10-18-17(19-15)14-6-3-2-4-7-14/h2-4,6-7,9-10,16H,5,8,11-13H2,1H3/t16-/m0/s1. The van der Waals surface area contributed by atoms with Crippen LogP contribution in [0.5, 0.6) is 0 Å². The van der Waals surface area contributed by atoms with E-state index in [4.69, 9.17) is 9.72 Å². The maximum Gasteiger partial charge on any atom is 0.159 e. The van der Waals surface area contributed by atoms with E-state index >= 15 is 0 Å². The number of methoxy groups -OCH3 is 1. The lowest BCUT2D eigenvalue weighted by atomic mass is 10.1. The third-order valence-corrected chi connectivity index (χ3v) is 4.00. The van der Waals surface area contributed by atoms with Crippen LogP contribution in [0.4, 0.5) is 0 Å². The number of aromatic nitrogens is 2. The van der Waals surface area contributed by atoms with Crippen LogP contribution in [-0.2, 0) is 4.74 Å². The van der Waals surface area contributed by atoms with Crippen molar-refractivity contribution in [3.63, 3.8) is 0 Å². The second-order valence-corrected chi connectivity index (χ2v) is 5.36. The topological polar surface area (TPSA) is 38.2 Å². The van der Waals surface area contributed by atoms with Crippen molar-refractivity contribution in [1.29, 1.82) is 0 Å². The zero-order valence-electron chi connectivity index (χ0n) is 12.4. The van der Waals surface area contributed by atoms with Gasteiger partial charge < -0.3 is 4.74 Å². The molecule has 3 rings (SSSR count). The van der Waals surface area contributed by atoms with Crippen LogP contribution >= 0.6 is 0 Å². The highest BCUT2D eigenvalue weighted by atomic mass is 16.5. The molecule has 1 aliphatic heterocycles. The van der Waals surface area contributed by atoms with Gasteiger partial charge in [0.15, 0.2) is 5.82 Å². The number of hydrogen-bond donors (Lipinski definition) is 0. The summed E-state index contributed by atoms with van der Waals surface area (Å²) < 4.78 is 5.21. The Kier molecular flexibility index (Phi) is 4.58. The van der Waals surface area contributed by atoms with Crippen molar-refractivity contribution in [3.8, 4) is 11.4 Å². The molecule has 2 aromatic rings. The fourth-order valence-electron chi connectivity index (χ4n) is 2.92. The van der Waals surface area contributed by atoms with E-state index in [9.17, 15) is 0 Å². The van der Waals surface area contributed by atoms with Gasteiger partial charge in [-0.05, 0) is 25.5 Å². The number of rotatable bonds is 5. The summed E-state index contributed by atoms with van der Waals surface area (Å²) in [6.45, 7) is 2.86. The average Bonchev–Trinajstić information content (AvgIpc) is 3.02. The van der Waals surface area contributed by atoms with Crippen molar-refractivity contribution in [2.45, 2.75) is 18.9 Å². The molecule has 0 bridgehead atoms. The first-order valence-electron chi connectivity index (χ1n) is 7.50. The summed E-state index contributed by atoms with van der Waals surface area (Å²) in [4.78, 5) is 11.7. The summed E-state index contributed by atoms with van der Waals surface area (Å²) in [5.41, 5.74) is 2.19. The Labute approximate surface area is 125 Å². The van der Waals surface area contributed by atoms with E-state index in [-0.39, 0.29) is 0 Å². The molecule has 2 heterocycles. The number of hydrogen-bond acceptors (Lipinski definition) is 4. The lowest BCUT2D eigenvalue weighted by Gasteiger charge is -2.23. The third kappa shape index (κ3) is 3.28. The molecule has 1 aliphatic rings. The monoisotopic (exact) mass is 283 g/mol. The van der Waals surface area contributed by atoms with Crippen LogP contribution in [0.15, 0.2) is 42.6 Å². The number of likely N-dealkylation sites (tertiary alicyclic amines) is 1. The Morgan fingerprint density at radius 3 is 2.90 bits per heavy atom. The van der Waals surface area contributed by atoms with Crippen LogP contribution in [-0.4, -0.2) is 41.7 Å². The van der Waals surface area contributed by atoms with E-state index in [0.29, 0.717) is 6.04 Å². The minimum absolute atomic E-state index is 0.394. The zero-order chi connectivity index (χ0) is 14.5. The molecule has 110 valence electrons. The van der Waals surface area contributed by atoms with E-state index in [1.807, 2.05) is 30.5 Å². The molecule has 1 saturated heterocycles. The summed E-state index contributed by atoms with van der Waals surface area (Å²) in [5.74, 6) is 0.812. The molecule has 0 aliphatic carbocycles. The van der Waals surface area contributed by atoms with Gasteiger partial charge in [-0.25, -0.2) is 9.97 Å². The number of benzene rings is 1. The van der Waals surface area contributed by atoms with E-state index < -0.39 is 0 Å². The summed E-state index contributed by atoms with van der Waals surface area (Å²) in [6.07, 6.45) is 4.26. The molecule has 21 heavy (non-hydrogen) atoms. The SMILES string of the molecule is COCCN1CCC[C@H]1c1ccnc(-c2ccccc2)n1. The molecule has 0 saturated carbocycles. The molecule has 4 nitrogen and oxygen atoms in total. The van der Waals surface area contributed by atoms with Gasteiger partial charge in [0.05, 0.1) is 18.3 Å². The van der Waals surface area contributed by atoms with Gasteiger partial charge in [0.1, 0.15) is 0 Å². The molecule has 0 unspecified atom stereocenters. The molecule has 1 aromatic heterocycles. The normalized spacial score (nSPS) is 19.0. The molecule has 4 heteroatoms. The molecular formula is C17H21N3O. The van der Waals surface area contributed by atoms with Crippen LogP contribution < -0.4 is 0 Å². The van der Waals surface area contributed by atoms with Crippen LogP contribution in [0.2, 0.25) is 0 Å². The quantitative estimate of drug-likeness (QED) is 0.845. The first kappa shape index (κ1) is 14.2. The van der Waals surface area contributed by atoms with Gasteiger partial charge in [0.2, 0.25) is 0 Å². The minimum atomic E-state index is 0.394. The summed E-state index contributed by atoms with van der Waals surface area (Å²) in [7, 11) is 1.75. The molecule has 1 atom stereocenters. The van der Waals surface area contributed by atoms with Crippen molar-refractivity contribution in [2.75, 3.05) is 26.8 Å². The van der Waals surface area contributed by atoms with Gasteiger partial charge in [0.25, 0.3) is 0 Å². The summed E-state index contributed by atoms with van der Waals surface area (Å²) in [6, 6.07) is 12.6. The Bertz CT molecular complexity index is 573. The highest BCUT2D eigenvalue weighted by Gasteiger charge is 2.26. The second-order valence-electron chi connectivity index (χ2n) is 5.36. The van der Waals surface area contributed by atoms with Crippen molar-refractivity contribution in [3.05, 3.63) is 48.3 Å². The Hall–Kier alpha value is -1.78. The van der Waals surface area contributed by atoms with Gasteiger partial charge in [-0.3, -0.25) is 4.90 Å². The maximum atomic E-state index is 5.21. The van der Waals surface area contributed by atoms with Gasteiger partial charge in [-0.1, -0.05) is 30.3 Å². The third-order valence-electron chi connectivity index (χ3n) is 4.00. The highest BCUT2D eigenvalue weighted by molar-refractivity contribution is 5.54. The van der Waals surface area contributed by atoms with E-state index in [1.54, 1.807) is 7.11 Å². The van der Waals surface area contributed by atoms with Gasteiger partial charge in [-0.15, -0.1) is 0 Å². The predicted molar refractivity (Wildman–Crippen MR) is 82.9 cm³/mol. The first-order valence-corrected chi connectivity index (χ1v) is 7.50.